The van der Waals surface area contributed by atoms with Crippen LogP contribution < -0.4 is 5.32 Å². The average Bonchev–Trinajstić information content (AvgIpc) is 2.45. The summed E-state index contributed by atoms with van der Waals surface area (Å²) in [6.45, 7) is 5.38. The van der Waals surface area contributed by atoms with Crippen LogP contribution in [0.4, 0.5) is 5.69 Å². The molecule has 1 heterocycles. The van der Waals surface area contributed by atoms with E-state index < -0.39 is 0 Å². The van der Waals surface area contributed by atoms with Crippen molar-refractivity contribution >= 4 is 11.7 Å². The normalized spacial score (nSPS) is 19.6. The van der Waals surface area contributed by atoms with Crippen LogP contribution in [0.1, 0.15) is 28.8 Å². The fourth-order valence-corrected chi connectivity index (χ4v) is 2.80. The number of piperidine rings is 1. The Bertz CT molecular complexity index is 474. The van der Waals surface area contributed by atoms with Crippen molar-refractivity contribution in [2.75, 3.05) is 39.1 Å². The van der Waals surface area contributed by atoms with E-state index in [2.05, 4.69) is 17.3 Å². The molecule has 1 saturated heterocycles. The Morgan fingerprint density at radius 1 is 1.50 bits per heavy atom. The van der Waals surface area contributed by atoms with E-state index in [4.69, 9.17) is 4.74 Å². The number of methoxy groups -OCH3 is 1. The summed E-state index contributed by atoms with van der Waals surface area (Å²) in [4.78, 5) is 13.9. The lowest BCUT2D eigenvalue weighted by molar-refractivity contribution is 0.0600. The van der Waals surface area contributed by atoms with Gasteiger partial charge in [-0.2, -0.15) is 0 Å². The van der Waals surface area contributed by atoms with Gasteiger partial charge in [0.05, 0.1) is 12.7 Å². The van der Waals surface area contributed by atoms with Crippen LogP contribution in [0, 0.1) is 12.8 Å². The summed E-state index contributed by atoms with van der Waals surface area (Å²) in [5, 5.41) is 3.51. The number of ether oxygens (including phenoxy) is 1. The van der Waals surface area contributed by atoms with Crippen molar-refractivity contribution < 1.29 is 9.53 Å². The maximum atomic E-state index is 11.5. The topological polar surface area (TPSA) is 41.6 Å². The number of anilines is 1. The number of rotatable bonds is 4. The van der Waals surface area contributed by atoms with Crippen molar-refractivity contribution in [2.24, 2.45) is 5.92 Å². The molecule has 1 atom stereocenters. The second-order valence-electron chi connectivity index (χ2n) is 5.67. The molecule has 0 bridgehead atoms. The quantitative estimate of drug-likeness (QED) is 0.858. The molecule has 0 radical (unpaired) electrons. The zero-order valence-electron chi connectivity index (χ0n) is 12.6. The molecule has 0 amide bonds. The minimum absolute atomic E-state index is 0.284. The minimum atomic E-state index is -0.284. The van der Waals surface area contributed by atoms with Crippen LogP contribution in [0.2, 0.25) is 0 Å². The second-order valence-corrected chi connectivity index (χ2v) is 5.67. The van der Waals surface area contributed by atoms with Gasteiger partial charge in [0.1, 0.15) is 0 Å². The summed E-state index contributed by atoms with van der Waals surface area (Å²) < 4.78 is 4.73. The Hall–Kier alpha value is -1.55. The first-order valence-corrected chi connectivity index (χ1v) is 7.21. The maximum Gasteiger partial charge on any atom is 0.337 e. The molecule has 0 aliphatic carbocycles. The van der Waals surface area contributed by atoms with Crippen LogP contribution in [-0.4, -0.2) is 44.7 Å². The van der Waals surface area contributed by atoms with E-state index in [0.717, 1.165) is 24.3 Å². The van der Waals surface area contributed by atoms with Gasteiger partial charge in [-0.1, -0.05) is 0 Å². The molecule has 110 valence electrons. The van der Waals surface area contributed by atoms with Crippen molar-refractivity contribution in [3.63, 3.8) is 0 Å². The molecule has 0 saturated carbocycles. The van der Waals surface area contributed by atoms with Crippen molar-refractivity contribution in [1.82, 2.24) is 4.90 Å². The van der Waals surface area contributed by atoms with Crippen LogP contribution in [-0.2, 0) is 4.74 Å². The van der Waals surface area contributed by atoms with E-state index in [9.17, 15) is 4.79 Å². The molecule has 4 heteroatoms. The van der Waals surface area contributed by atoms with E-state index >= 15 is 0 Å². The number of hydrogen-bond donors (Lipinski definition) is 1. The Balaban J connectivity index is 1.94. The summed E-state index contributed by atoms with van der Waals surface area (Å²) in [6.07, 6.45) is 2.57. The van der Waals surface area contributed by atoms with Crippen LogP contribution in [0.25, 0.3) is 0 Å². The number of esters is 1. The number of carbonyl (C=O) groups is 1. The molecular formula is C16H24N2O2. The standard InChI is InChI=1S/C16H24N2O2/c1-12-9-14(16(19)20-3)6-7-15(12)17-10-13-5-4-8-18(2)11-13/h6-7,9,13,17H,4-5,8,10-11H2,1-3H3. The Labute approximate surface area is 121 Å². The third-order valence-corrected chi connectivity index (χ3v) is 3.95. The first-order valence-electron chi connectivity index (χ1n) is 7.21. The molecule has 2 rings (SSSR count). The Kier molecular flexibility index (Phi) is 5.01. The number of carbonyl (C=O) groups excluding carboxylic acids is 1. The van der Waals surface area contributed by atoms with Crippen molar-refractivity contribution in [1.29, 1.82) is 0 Å². The van der Waals surface area contributed by atoms with E-state index in [1.54, 1.807) is 0 Å². The molecule has 20 heavy (non-hydrogen) atoms. The SMILES string of the molecule is COC(=O)c1ccc(NCC2CCCN(C)C2)c(C)c1. The third-order valence-electron chi connectivity index (χ3n) is 3.95. The molecule has 4 nitrogen and oxygen atoms in total. The summed E-state index contributed by atoms with van der Waals surface area (Å²) in [5.41, 5.74) is 2.79. The van der Waals surface area contributed by atoms with Gasteiger partial charge in [0.25, 0.3) is 0 Å². The lowest BCUT2D eigenvalue weighted by Crippen LogP contribution is -2.35. The second kappa shape index (κ2) is 6.75. The summed E-state index contributed by atoms with van der Waals surface area (Å²) in [5.74, 6) is 0.419. The van der Waals surface area contributed by atoms with Gasteiger partial charge in [-0.15, -0.1) is 0 Å². The van der Waals surface area contributed by atoms with E-state index in [0.29, 0.717) is 11.5 Å². The monoisotopic (exact) mass is 276 g/mol. The largest absolute Gasteiger partial charge is 0.465 e. The summed E-state index contributed by atoms with van der Waals surface area (Å²) >= 11 is 0. The van der Waals surface area contributed by atoms with Crippen LogP contribution >= 0.6 is 0 Å². The van der Waals surface area contributed by atoms with Gasteiger partial charge < -0.3 is 15.0 Å². The highest BCUT2D eigenvalue weighted by Gasteiger charge is 2.17. The fraction of sp³-hybridized carbons (Fsp3) is 0.562. The molecular weight excluding hydrogens is 252 g/mol. The van der Waals surface area contributed by atoms with Gasteiger partial charge in [0.15, 0.2) is 0 Å². The Morgan fingerprint density at radius 2 is 2.30 bits per heavy atom. The minimum Gasteiger partial charge on any atom is -0.465 e. The number of likely N-dealkylation sites (tertiary alicyclic amines) is 1. The maximum absolute atomic E-state index is 11.5. The number of aryl methyl sites for hydroxylation is 1. The molecule has 1 aliphatic heterocycles. The lowest BCUT2D eigenvalue weighted by atomic mass is 9.98. The highest BCUT2D eigenvalue weighted by molar-refractivity contribution is 5.90. The molecule has 1 aromatic carbocycles. The zero-order chi connectivity index (χ0) is 14.5. The highest BCUT2D eigenvalue weighted by atomic mass is 16.5. The highest BCUT2D eigenvalue weighted by Crippen LogP contribution is 2.20. The summed E-state index contributed by atoms with van der Waals surface area (Å²) in [6, 6.07) is 5.66. The van der Waals surface area contributed by atoms with Gasteiger partial charge in [-0.3, -0.25) is 0 Å². The third kappa shape index (κ3) is 3.73. The van der Waals surface area contributed by atoms with E-state index in [1.807, 2.05) is 25.1 Å². The zero-order valence-corrected chi connectivity index (χ0v) is 12.6. The molecule has 0 spiro atoms. The first-order chi connectivity index (χ1) is 9.60. The number of hydrogen-bond acceptors (Lipinski definition) is 4. The van der Waals surface area contributed by atoms with Crippen molar-refractivity contribution in [3.05, 3.63) is 29.3 Å². The molecule has 0 aromatic heterocycles. The van der Waals surface area contributed by atoms with Gasteiger partial charge in [0, 0.05) is 18.8 Å². The van der Waals surface area contributed by atoms with Gasteiger partial charge in [-0.25, -0.2) is 4.79 Å². The molecule has 1 unspecified atom stereocenters. The number of nitrogens with one attached hydrogen (secondary N) is 1. The van der Waals surface area contributed by atoms with Crippen LogP contribution in [0.5, 0.6) is 0 Å². The van der Waals surface area contributed by atoms with Gasteiger partial charge in [-0.05, 0) is 63.0 Å². The fourth-order valence-electron chi connectivity index (χ4n) is 2.80. The molecule has 1 N–H and O–H groups in total. The van der Waals surface area contributed by atoms with E-state index in [-0.39, 0.29) is 5.97 Å². The number of nitrogens with zero attached hydrogens (tertiary/aromatic N) is 1. The van der Waals surface area contributed by atoms with Gasteiger partial charge >= 0.3 is 5.97 Å². The summed E-state index contributed by atoms with van der Waals surface area (Å²) in [7, 11) is 3.59. The Morgan fingerprint density at radius 3 is 2.95 bits per heavy atom. The van der Waals surface area contributed by atoms with Crippen LogP contribution in [0.3, 0.4) is 0 Å². The van der Waals surface area contributed by atoms with Crippen molar-refractivity contribution in [2.45, 2.75) is 19.8 Å². The molecule has 1 aromatic rings. The molecule has 1 aliphatic rings. The van der Waals surface area contributed by atoms with Gasteiger partial charge in [0.2, 0.25) is 0 Å². The predicted octanol–water partition coefficient (Wildman–Crippen LogP) is 2.54. The van der Waals surface area contributed by atoms with Crippen LogP contribution in [0.15, 0.2) is 18.2 Å². The number of benzene rings is 1. The smallest absolute Gasteiger partial charge is 0.337 e. The first kappa shape index (κ1) is 14.9. The van der Waals surface area contributed by atoms with Crippen molar-refractivity contribution in [3.8, 4) is 0 Å². The predicted molar refractivity (Wildman–Crippen MR) is 81.2 cm³/mol. The van der Waals surface area contributed by atoms with E-state index in [1.165, 1.54) is 26.5 Å². The molecule has 1 fully saturated rings. The average molecular weight is 276 g/mol. The lowest BCUT2D eigenvalue weighted by Gasteiger charge is -2.30.